The van der Waals surface area contributed by atoms with Crippen LogP contribution in [-0.4, -0.2) is 26.5 Å². The maximum atomic E-state index is 11.3. The summed E-state index contributed by atoms with van der Waals surface area (Å²) in [6, 6.07) is 13.1. The second-order valence-electron chi connectivity index (χ2n) is 5.27. The summed E-state index contributed by atoms with van der Waals surface area (Å²) in [5.41, 5.74) is 2.15. The standard InChI is InChI=1S/C16H18N4O3S2/c1-11(21)20(2)14-7-3-12(4-8-14)18-16(24)19-13-5-9-15(10-6-13)25(17,22)23/h3-10H,1-2H3,(H2,17,22,23)(H2,18,19,24). The third-order valence-electron chi connectivity index (χ3n) is 3.43. The fourth-order valence-corrected chi connectivity index (χ4v) is 2.72. The molecule has 0 aliphatic rings. The highest BCUT2D eigenvalue weighted by Gasteiger charge is 2.08. The highest BCUT2D eigenvalue weighted by atomic mass is 32.2. The third kappa shape index (κ3) is 5.24. The number of nitrogens with one attached hydrogen (secondary N) is 2. The van der Waals surface area contributed by atoms with E-state index in [0.717, 1.165) is 11.4 Å². The number of amides is 1. The molecule has 0 unspecified atom stereocenters. The average Bonchev–Trinajstić information content (AvgIpc) is 2.54. The topological polar surface area (TPSA) is 105 Å². The van der Waals surface area contributed by atoms with Gasteiger partial charge in [0.15, 0.2) is 5.11 Å². The zero-order chi connectivity index (χ0) is 18.6. The van der Waals surface area contributed by atoms with E-state index in [1.165, 1.54) is 24.0 Å². The molecule has 9 heteroatoms. The SMILES string of the molecule is CC(=O)N(C)c1ccc(NC(=S)Nc2ccc(S(N)(=O)=O)cc2)cc1. The number of primary sulfonamides is 1. The van der Waals surface area contributed by atoms with Gasteiger partial charge in [-0.25, -0.2) is 13.6 Å². The molecule has 0 spiro atoms. The van der Waals surface area contributed by atoms with Gasteiger partial charge >= 0.3 is 0 Å². The highest BCUT2D eigenvalue weighted by Crippen LogP contribution is 2.18. The van der Waals surface area contributed by atoms with E-state index in [1.54, 1.807) is 43.4 Å². The number of anilines is 3. The van der Waals surface area contributed by atoms with Crippen LogP contribution in [0.1, 0.15) is 6.92 Å². The molecule has 0 aliphatic carbocycles. The van der Waals surface area contributed by atoms with E-state index in [0.29, 0.717) is 10.8 Å². The smallest absolute Gasteiger partial charge is 0.238 e. The van der Waals surface area contributed by atoms with Crippen LogP contribution in [0.3, 0.4) is 0 Å². The number of sulfonamides is 1. The van der Waals surface area contributed by atoms with Gasteiger partial charge in [0, 0.05) is 31.0 Å². The predicted octanol–water partition coefficient (Wildman–Crippen LogP) is 2.13. The molecule has 0 saturated carbocycles. The molecule has 0 radical (unpaired) electrons. The first kappa shape index (κ1) is 18.8. The van der Waals surface area contributed by atoms with Gasteiger partial charge in [-0.05, 0) is 60.7 Å². The summed E-state index contributed by atoms with van der Waals surface area (Å²) < 4.78 is 22.4. The Morgan fingerprint density at radius 3 is 1.84 bits per heavy atom. The Labute approximate surface area is 151 Å². The van der Waals surface area contributed by atoms with Crippen molar-refractivity contribution in [1.82, 2.24) is 0 Å². The monoisotopic (exact) mass is 378 g/mol. The molecule has 1 amide bonds. The molecule has 0 fully saturated rings. The van der Waals surface area contributed by atoms with Crippen molar-refractivity contribution in [3.63, 3.8) is 0 Å². The molecule has 0 bridgehead atoms. The lowest BCUT2D eigenvalue weighted by atomic mass is 10.2. The van der Waals surface area contributed by atoms with Crippen LogP contribution in [-0.2, 0) is 14.8 Å². The number of thiocarbonyl (C=S) groups is 1. The summed E-state index contributed by atoms with van der Waals surface area (Å²) in [6.45, 7) is 1.49. The zero-order valence-corrected chi connectivity index (χ0v) is 15.3. The number of hydrogen-bond acceptors (Lipinski definition) is 4. The molecular weight excluding hydrogens is 360 g/mol. The van der Waals surface area contributed by atoms with Crippen LogP contribution < -0.4 is 20.7 Å². The Morgan fingerprint density at radius 2 is 1.44 bits per heavy atom. The highest BCUT2D eigenvalue weighted by molar-refractivity contribution is 7.89. The molecule has 0 aliphatic heterocycles. The third-order valence-corrected chi connectivity index (χ3v) is 4.56. The van der Waals surface area contributed by atoms with Crippen LogP contribution >= 0.6 is 12.2 Å². The van der Waals surface area contributed by atoms with Gasteiger partial charge in [0.2, 0.25) is 15.9 Å². The molecule has 2 rings (SSSR count). The molecule has 2 aromatic rings. The Bertz CT molecular complexity index is 879. The summed E-state index contributed by atoms with van der Waals surface area (Å²) >= 11 is 5.22. The van der Waals surface area contributed by atoms with Crippen molar-refractivity contribution < 1.29 is 13.2 Å². The van der Waals surface area contributed by atoms with Gasteiger partial charge in [0.05, 0.1) is 4.90 Å². The first-order valence-corrected chi connectivity index (χ1v) is 9.17. The number of benzene rings is 2. The first-order valence-electron chi connectivity index (χ1n) is 7.22. The Kier molecular flexibility index (Phi) is 5.73. The van der Waals surface area contributed by atoms with E-state index in [9.17, 15) is 13.2 Å². The minimum absolute atomic E-state index is 0.0297. The number of nitrogens with two attached hydrogens (primary N) is 1. The Hall–Kier alpha value is -2.49. The van der Waals surface area contributed by atoms with Crippen LogP contribution in [0, 0.1) is 0 Å². The number of rotatable bonds is 4. The second kappa shape index (κ2) is 7.60. The van der Waals surface area contributed by atoms with E-state index >= 15 is 0 Å². The van der Waals surface area contributed by atoms with Crippen molar-refractivity contribution in [2.24, 2.45) is 5.14 Å². The molecule has 132 valence electrons. The number of carbonyl (C=O) groups is 1. The van der Waals surface area contributed by atoms with Crippen molar-refractivity contribution in [3.8, 4) is 0 Å². The molecule has 0 saturated heterocycles. The molecule has 0 heterocycles. The quantitative estimate of drug-likeness (QED) is 0.704. The second-order valence-corrected chi connectivity index (χ2v) is 7.24. The van der Waals surface area contributed by atoms with Gasteiger partial charge in [0.1, 0.15) is 0 Å². The summed E-state index contributed by atoms with van der Waals surface area (Å²) in [7, 11) is -2.02. The fourth-order valence-electron chi connectivity index (χ4n) is 1.97. The van der Waals surface area contributed by atoms with Gasteiger partial charge < -0.3 is 15.5 Å². The summed E-state index contributed by atoms with van der Waals surface area (Å²) in [6.07, 6.45) is 0. The molecule has 4 N–H and O–H groups in total. The fraction of sp³-hybridized carbons (Fsp3) is 0.125. The van der Waals surface area contributed by atoms with Crippen LogP contribution in [0.2, 0.25) is 0 Å². The van der Waals surface area contributed by atoms with Gasteiger partial charge in [-0.1, -0.05) is 0 Å². The van der Waals surface area contributed by atoms with Gasteiger partial charge in [0.25, 0.3) is 0 Å². The van der Waals surface area contributed by atoms with Crippen molar-refractivity contribution in [2.75, 3.05) is 22.6 Å². The van der Waals surface area contributed by atoms with Crippen molar-refractivity contribution in [2.45, 2.75) is 11.8 Å². The number of hydrogen-bond donors (Lipinski definition) is 3. The molecular formula is C16H18N4O3S2. The summed E-state index contributed by atoms with van der Waals surface area (Å²) in [5, 5.41) is 11.3. The largest absolute Gasteiger partial charge is 0.332 e. The van der Waals surface area contributed by atoms with E-state index < -0.39 is 10.0 Å². The van der Waals surface area contributed by atoms with Crippen LogP contribution in [0.15, 0.2) is 53.4 Å². The van der Waals surface area contributed by atoms with Crippen LogP contribution in [0.5, 0.6) is 0 Å². The lowest BCUT2D eigenvalue weighted by molar-refractivity contribution is -0.116. The lowest BCUT2D eigenvalue weighted by Gasteiger charge is -2.16. The van der Waals surface area contributed by atoms with Gasteiger partial charge in [-0.15, -0.1) is 0 Å². The van der Waals surface area contributed by atoms with Crippen molar-refractivity contribution >= 4 is 50.3 Å². The Morgan fingerprint density at radius 1 is 1.00 bits per heavy atom. The maximum absolute atomic E-state index is 11.3. The normalized spacial score (nSPS) is 10.8. The van der Waals surface area contributed by atoms with E-state index in [-0.39, 0.29) is 10.8 Å². The van der Waals surface area contributed by atoms with Crippen LogP contribution in [0.4, 0.5) is 17.1 Å². The summed E-state index contributed by atoms with van der Waals surface area (Å²) in [5.74, 6) is -0.0548. The van der Waals surface area contributed by atoms with E-state index in [1.807, 2.05) is 0 Å². The summed E-state index contributed by atoms with van der Waals surface area (Å²) in [4.78, 5) is 12.9. The van der Waals surface area contributed by atoms with E-state index in [4.69, 9.17) is 17.4 Å². The minimum Gasteiger partial charge on any atom is -0.332 e. The lowest BCUT2D eigenvalue weighted by Crippen LogP contribution is -2.23. The molecule has 25 heavy (non-hydrogen) atoms. The first-order chi connectivity index (χ1) is 11.7. The van der Waals surface area contributed by atoms with E-state index in [2.05, 4.69) is 10.6 Å². The molecule has 2 aromatic carbocycles. The number of nitrogens with zero attached hydrogens (tertiary/aromatic N) is 1. The van der Waals surface area contributed by atoms with Gasteiger partial charge in [-0.3, -0.25) is 4.79 Å². The van der Waals surface area contributed by atoms with Gasteiger partial charge in [-0.2, -0.15) is 0 Å². The van der Waals surface area contributed by atoms with Crippen LogP contribution in [0.25, 0.3) is 0 Å². The molecule has 7 nitrogen and oxygen atoms in total. The van der Waals surface area contributed by atoms with Crippen molar-refractivity contribution in [1.29, 1.82) is 0 Å². The average molecular weight is 378 g/mol. The zero-order valence-electron chi connectivity index (χ0n) is 13.7. The molecule has 0 atom stereocenters. The maximum Gasteiger partial charge on any atom is 0.238 e. The number of carbonyl (C=O) groups excluding carboxylic acids is 1. The minimum atomic E-state index is -3.72. The Balaban J connectivity index is 1.99. The predicted molar refractivity (Wildman–Crippen MR) is 103 cm³/mol. The van der Waals surface area contributed by atoms with Crippen molar-refractivity contribution in [3.05, 3.63) is 48.5 Å². The molecule has 0 aromatic heterocycles.